The molecule has 0 saturated carbocycles. The summed E-state index contributed by atoms with van der Waals surface area (Å²) in [5.74, 6) is 1.36. The van der Waals surface area contributed by atoms with Crippen molar-refractivity contribution in [3.05, 3.63) is 66.4 Å². The lowest BCUT2D eigenvalue weighted by Crippen LogP contribution is -2.46. The quantitative estimate of drug-likeness (QED) is 0.339. The highest BCUT2D eigenvalue weighted by atomic mass is 32.2. The first kappa shape index (κ1) is 23.7. The maximum absolute atomic E-state index is 12.6. The Hall–Kier alpha value is -3.43. The number of nitrogens with zero attached hydrogens (tertiary/aromatic N) is 3. The number of carbonyl (C=O) groups is 2. The lowest BCUT2D eigenvalue weighted by molar-refractivity contribution is -0.118. The molecule has 176 valence electrons. The lowest BCUT2D eigenvalue weighted by atomic mass is 10.1. The molecule has 0 unspecified atom stereocenters. The molecule has 3 N–H and O–H groups in total. The fourth-order valence-corrected chi connectivity index (χ4v) is 4.34. The van der Waals surface area contributed by atoms with Gasteiger partial charge in [-0.15, -0.1) is 11.8 Å². The predicted octanol–water partition coefficient (Wildman–Crippen LogP) is 3.16. The molecule has 2 aromatic carbocycles. The Bertz CT molecular complexity index is 1120. The number of hydrogen-bond donors (Lipinski definition) is 3. The Morgan fingerprint density at radius 2 is 1.76 bits per heavy atom. The van der Waals surface area contributed by atoms with Crippen molar-refractivity contribution >= 4 is 35.2 Å². The van der Waals surface area contributed by atoms with Gasteiger partial charge in [-0.2, -0.15) is 0 Å². The number of aromatic nitrogens is 2. The van der Waals surface area contributed by atoms with Crippen LogP contribution < -0.4 is 16.0 Å². The van der Waals surface area contributed by atoms with E-state index >= 15 is 0 Å². The third-order valence-corrected chi connectivity index (χ3v) is 6.36. The summed E-state index contributed by atoms with van der Waals surface area (Å²) in [5.41, 5.74) is 3.31. The summed E-state index contributed by atoms with van der Waals surface area (Å²) in [6.45, 7) is 5.30. The molecule has 1 aliphatic rings. The maximum Gasteiger partial charge on any atom is 0.253 e. The van der Waals surface area contributed by atoms with Gasteiger partial charge in [0.15, 0.2) is 0 Å². The van der Waals surface area contributed by atoms with E-state index in [0.717, 1.165) is 53.8 Å². The van der Waals surface area contributed by atoms with E-state index in [9.17, 15) is 9.59 Å². The van der Waals surface area contributed by atoms with Gasteiger partial charge in [-0.1, -0.05) is 12.1 Å². The second kappa shape index (κ2) is 11.6. The molecule has 8 nitrogen and oxygen atoms in total. The molecule has 1 aliphatic heterocycles. The standard InChI is InChI=1S/C25H28N6O2S/c1-18(32)27-14-17-34-22-8-4-19(5-9-22)23-10-11-28-25(30-23)29-21-6-2-20(3-7-21)24(33)31-15-12-26-13-16-31/h2-11,26H,12-17H2,1H3,(H,27,32)(H,28,29,30). The van der Waals surface area contributed by atoms with Gasteiger partial charge in [0.2, 0.25) is 11.9 Å². The monoisotopic (exact) mass is 476 g/mol. The summed E-state index contributed by atoms with van der Waals surface area (Å²) in [6.07, 6.45) is 1.73. The summed E-state index contributed by atoms with van der Waals surface area (Å²) >= 11 is 1.69. The summed E-state index contributed by atoms with van der Waals surface area (Å²) in [6, 6.07) is 17.5. The highest BCUT2D eigenvalue weighted by Crippen LogP contribution is 2.24. The van der Waals surface area contributed by atoms with Crippen LogP contribution in [0.2, 0.25) is 0 Å². The Balaban J connectivity index is 1.36. The largest absolute Gasteiger partial charge is 0.356 e. The molecule has 0 radical (unpaired) electrons. The van der Waals surface area contributed by atoms with Gasteiger partial charge in [-0.25, -0.2) is 9.97 Å². The first-order valence-electron chi connectivity index (χ1n) is 11.3. The number of carbonyl (C=O) groups excluding carboxylic acids is 2. The van der Waals surface area contributed by atoms with Gasteiger partial charge >= 0.3 is 0 Å². The SMILES string of the molecule is CC(=O)NCCSc1ccc(-c2ccnc(Nc3ccc(C(=O)N4CCNCC4)cc3)n2)cc1. The number of rotatable bonds is 8. The lowest BCUT2D eigenvalue weighted by Gasteiger charge is -2.27. The Morgan fingerprint density at radius 1 is 1.03 bits per heavy atom. The molecule has 2 heterocycles. The smallest absolute Gasteiger partial charge is 0.253 e. The van der Waals surface area contributed by atoms with Crippen LogP contribution in [0.3, 0.4) is 0 Å². The molecule has 3 aromatic rings. The van der Waals surface area contributed by atoms with E-state index in [1.807, 2.05) is 47.4 Å². The van der Waals surface area contributed by atoms with E-state index in [1.165, 1.54) is 6.92 Å². The minimum absolute atomic E-state index is 0.0104. The normalized spacial score (nSPS) is 13.4. The van der Waals surface area contributed by atoms with Crippen LogP contribution in [0.1, 0.15) is 17.3 Å². The highest BCUT2D eigenvalue weighted by Gasteiger charge is 2.17. The van der Waals surface area contributed by atoms with Crippen LogP contribution in [-0.4, -0.2) is 65.2 Å². The molecule has 9 heteroatoms. The molecule has 0 bridgehead atoms. The van der Waals surface area contributed by atoms with Gasteiger partial charge in [0.05, 0.1) is 5.69 Å². The number of piperazine rings is 1. The number of benzene rings is 2. The Kier molecular flexibility index (Phi) is 8.11. The number of nitrogens with one attached hydrogen (secondary N) is 3. The molecule has 34 heavy (non-hydrogen) atoms. The molecular formula is C25H28N6O2S. The molecular weight excluding hydrogens is 448 g/mol. The molecule has 0 atom stereocenters. The van der Waals surface area contributed by atoms with E-state index in [4.69, 9.17) is 0 Å². The van der Waals surface area contributed by atoms with E-state index in [0.29, 0.717) is 18.1 Å². The molecule has 1 aromatic heterocycles. The van der Waals surface area contributed by atoms with Gasteiger partial charge in [0.1, 0.15) is 0 Å². The van der Waals surface area contributed by atoms with Crippen molar-refractivity contribution in [3.63, 3.8) is 0 Å². The molecule has 0 spiro atoms. The average Bonchev–Trinajstić information content (AvgIpc) is 2.88. The van der Waals surface area contributed by atoms with Gasteiger partial charge < -0.3 is 20.9 Å². The molecule has 1 fully saturated rings. The Morgan fingerprint density at radius 3 is 2.47 bits per heavy atom. The predicted molar refractivity (Wildman–Crippen MR) is 135 cm³/mol. The number of thioether (sulfide) groups is 1. The summed E-state index contributed by atoms with van der Waals surface area (Å²) in [4.78, 5) is 35.6. The molecule has 4 rings (SSSR count). The first-order chi connectivity index (χ1) is 16.6. The topological polar surface area (TPSA) is 99.2 Å². The minimum Gasteiger partial charge on any atom is -0.356 e. The number of anilines is 2. The van der Waals surface area contributed by atoms with Crippen LogP contribution >= 0.6 is 11.8 Å². The minimum atomic E-state index is -0.0104. The van der Waals surface area contributed by atoms with Crippen LogP contribution in [0.15, 0.2) is 65.7 Å². The van der Waals surface area contributed by atoms with Crippen molar-refractivity contribution in [2.24, 2.45) is 0 Å². The van der Waals surface area contributed by atoms with Crippen molar-refractivity contribution in [2.75, 3.05) is 43.8 Å². The zero-order chi connectivity index (χ0) is 23.8. The second-order valence-corrected chi connectivity index (χ2v) is 9.03. The molecule has 0 aliphatic carbocycles. The van der Waals surface area contributed by atoms with E-state index in [-0.39, 0.29) is 11.8 Å². The van der Waals surface area contributed by atoms with Crippen molar-refractivity contribution in [3.8, 4) is 11.3 Å². The van der Waals surface area contributed by atoms with Gasteiger partial charge in [0.25, 0.3) is 5.91 Å². The fraction of sp³-hybridized carbons (Fsp3) is 0.280. The van der Waals surface area contributed by atoms with Crippen molar-refractivity contribution in [1.82, 2.24) is 25.5 Å². The second-order valence-electron chi connectivity index (χ2n) is 7.87. The van der Waals surface area contributed by atoms with Crippen molar-refractivity contribution in [1.29, 1.82) is 0 Å². The van der Waals surface area contributed by atoms with E-state index in [1.54, 1.807) is 18.0 Å². The zero-order valence-corrected chi connectivity index (χ0v) is 19.9. The van der Waals surface area contributed by atoms with E-state index in [2.05, 4.69) is 38.1 Å². The van der Waals surface area contributed by atoms with Crippen LogP contribution in [0.4, 0.5) is 11.6 Å². The first-order valence-corrected chi connectivity index (χ1v) is 12.2. The summed E-state index contributed by atoms with van der Waals surface area (Å²) in [7, 11) is 0. The van der Waals surface area contributed by atoms with E-state index < -0.39 is 0 Å². The van der Waals surface area contributed by atoms with Gasteiger partial charge in [0, 0.05) is 73.3 Å². The highest BCUT2D eigenvalue weighted by molar-refractivity contribution is 7.99. The molecule has 1 saturated heterocycles. The number of hydrogen-bond acceptors (Lipinski definition) is 7. The Labute approximate surface area is 203 Å². The average molecular weight is 477 g/mol. The van der Waals surface area contributed by atoms with Crippen LogP contribution in [-0.2, 0) is 4.79 Å². The third kappa shape index (κ3) is 6.55. The van der Waals surface area contributed by atoms with Crippen LogP contribution in [0, 0.1) is 0 Å². The van der Waals surface area contributed by atoms with Gasteiger partial charge in [-0.3, -0.25) is 9.59 Å². The van der Waals surface area contributed by atoms with Crippen molar-refractivity contribution in [2.45, 2.75) is 11.8 Å². The van der Waals surface area contributed by atoms with Crippen LogP contribution in [0.25, 0.3) is 11.3 Å². The maximum atomic E-state index is 12.6. The van der Waals surface area contributed by atoms with Crippen molar-refractivity contribution < 1.29 is 9.59 Å². The molecule has 2 amide bonds. The third-order valence-electron chi connectivity index (χ3n) is 5.34. The number of amides is 2. The van der Waals surface area contributed by atoms with Gasteiger partial charge in [-0.05, 0) is 42.5 Å². The fourth-order valence-electron chi connectivity index (χ4n) is 3.57. The summed E-state index contributed by atoms with van der Waals surface area (Å²) in [5, 5.41) is 9.28. The van der Waals surface area contributed by atoms with Crippen LogP contribution in [0.5, 0.6) is 0 Å². The summed E-state index contributed by atoms with van der Waals surface area (Å²) < 4.78 is 0. The zero-order valence-electron chi connectivity index (χ0n) is 19.1.